The minimum atomic E-state index is 0.123. The molecule has 2 N–H and O–H groups in total. The molecule has 0 aromatic carbocycles. The molecule has 5 heteroatoms. The highest BCUT2D eigenvalue weighted by Crippen LogP contribution is 2.55. The quantitative estimate of drug-likeness (QED) is 0.782. The van der Waals surface area contributed by atoms with Crippen molar-refractivity contribution in [1.29, 1.82) is 0 Å². The van der Waals surface area contributed by atoms with E-state index in [0.717, 1.165) is 37.1 Å². The molecule has 2 aliphatic heterocycles. The number of urea groups is 1. The van der Waals surface area contributed by atoms with Crippen molar-refractivity contribution in [2.45, 2.75) is 94.4 Å². The third kappa shape index (κ3) is 3.19. The summed E-state index contributed by atoms with van der Waals surface area (Å²) in [4.78, 5) is 17.1. The molecule has 152 valence electrons. The smallest absolute Gasteiger partial charge is 0.315 e. The van der Waals surface area contributed by atoms with Crippen molar-refractivity contribution in [3.63, 3.8) is 0 Å². The summed E-state index contributed by atoms with van der Waals surface area (Å²) >= 11 is 1.87. The van der Waals surface area contributed by atoms with Crippen LogP contribution in [-0.4, -0.2) is 34.6 Å². The molecule has 1 aromatic rings. The van der Waals surface area contributed by atoms with Crippen LogP contribution in [0.5, 0.6) is 0 Å². The highest BCUT2D eigenvalue weighted by molar-refractivity contribution is 7.09. The van der Waals surface area contributed by atoms with E-state index in [1.54, 1.807) is 0 Å². The van der Waals surface area contributed by atoms with Crippen LogP contribution in [-0.2, 0) is 6.54 Å². The Bertz CT molecular complexity index is 683. The Balaban J connectivity index is 1.06. The van der Waals surface area contributed by atoms with Crippen LogP contribution in [0.3, 0.4) is 0 Å². The molecular formula is C23H33N3OS. The molecule has 6 bridgehead atoms. The Hall–Kier alpha value is -1.07. The van der Waals surface area contributed by atoms with Crippen molar-refractivity contribution in [3.05, 3.63) is 22.4 Å². The van der Waals surface area contributed by atoms with Gasteiger partial charge in [-0.05, 0) is 93.4 Å². The number of fused-ring (bicyclic) bond motifs is 2. The maximum atomic E-state index is 12.9. The lowest BCUT2D eigenvalue weighted by molar-refractivity contribution is -0.0139. The molecule has 6 aliphatic rings. The maximum absolute atomic E-state index is 12.9. The number of nitrogens with one attached hydrogen (secondary N) is 2. The summed E-state index contributed by atoms with van der Waals surface area (Å²) in [6.45, 7) is 1.10. The molecular weight excluding hydrogens is 366 g/mol. The van der Waals surface area contributed by atoms with Gasteiger partial charge in [-0.25, -0.2) is 4.79 Å². The van der Waals surface area contributed by atoms with Crippen molar-refractivity contribution >= 4 is 17.4 Å². The Kier molecular flexibility index (Phi) is 4.27. The molecule has 0 spiro atoms. The van der Waals surface area contributed by atoms with E-state index in [2.05, 4.69) is 33.0 Å². The first kappa shape index (κ1) is 17.8. The van der Waals surface area contributed by atoms with E-state index in [1.165, 1.54) is 56.2 Å². The van der Waals surface area contributed by atoms with Gasteiger partial charge in [0, 0.05) is 35.1 Å². The normalized spacial score (nSPS) is 44.0. The van der Waals surface area contributed by atoms with Crippen molar-refractivity contribution in [2.75, 3.05) is 0 Å². The van der Waals surface area contributed by atoms with Gasteiger partial charge < -0.3 is 10.6 Å². The predicted molar refractivity (Wildman–Crippen MR) is 112 cm³/mol. The summed E-state index contributed by atoms with van der Waals surface area (Å²) in [6.07, 6.45) is 12.8. The minimum absolute atomic E-state index is 0.123. The third-order valence-corrected chi connectivity index (χ3v) is 9.42. The summed E-state index contributed by atoms with van der Waals surface area (Å²) in [5.74, 6) is 2.63. The number of carbonyl (C=O) groups is 1. The molecule has 7 rings (SSSR count). The van der Waals surface area contributed by atoms with Crippen molar-refractivity contribution in [2.24, 2.45) is 17.8 Å². The van der Waals surface area contributed by atoms with Gasteiger partial charge in [-0.1, -0.05) is 6.07 Å². The van der Waals surface area contributed by atoms with Gasteiger partial charge in [0.05, 0.1) is 0 Å². The van der Waals surface area contributed by atoms with E-state index in [4.69, 9.17) is 0 Å². The van der Waals surface area contributed by atoms with Gasteiger partial charge in [0.25, 0.3) is 0 Å². The second-order valence-electron chi connectivity index (χ2n) is 10.6. The molecule has 2 saturated heterocycles. The molecule has 4 nitrogen and oxygen atoms in total. The molecule has 6 fully saturated rings. The molecule has 3 atom stereocenters. The van der Waals surface area contributed by atoms with Gasteiger partial charge in [0.2, 0.25) is 0 Å². The monoisotopic (exact) mass is 399 g/mol. The SMILES string of the molecule is O=C(NC1C[C@H]2CC[C@@H](C1)N2Cc1cccs1)NC12CC3CC(CC(C3)C1)C2. The largest absolute Gasteiger partial charge is 0.335 e. The maximum Gasteiger partial charge on any atom is 0.315 e. The fourth-order valence-electron chi connectivity index (χ4n) is 7.96. The van der Waals surface area contributed by atoms with Crippen LogP contribution >= 0.6 is 11.3 Å². The first-order valence-corrected chi connectivity index (χ1v) is 12.4. The highest BCUT2D eigenvalue weighted by Gasteiger charge is 2.51. The molecule has 0 radical (unpaired) electrons. The van der Waals surface area contributed by atoms with Crippen LogP contribution in [0.15, 0.2) is 17.5 Å². The van der Waals surface area contributed by atoms with Crippen LogP contribution in [0.2, 0.25) is 0 Å². The Morgan fingerprint density at radius 2 is 1.68 bits per heavy atom. The summed E-state index contributed by atoms with van der Waals surface area (Å²) in [6, 6.07) is 6.18. The number of rotatable bonds is 4. The lowest BCUT2D eigenvalue weighted by atomic mass is 9.53. The Labute approximate surface area is 172 Å². The zero-order valence-electron chi connectivity index (χ0n) is 16.7. The van der Waals surface area contributed by atoms with Crippen molar-refractivity contribution in [1.82, 2.24) is 15.5 Å². The lowest BCUT2D eigenvalue weighted by Gasteiger charge is -2.56. The zero-order valence-corrected chi connectivity index (χ0v) is 17.6. The van der Waals surface area contributed by atoms with Crippen LogP contribution in [0, 0.1) is 17.8 Å². The first-order chi connectivity index (χ1) is 13.6. The summed E-state index contributed by atoms with van der Waals surface area (Å²) < 4.78 is 0. The van der Waals surface area contributed by atoms with E-state index in [0.29, 0.717) is 18.1 Å². The van der Waals surface area contributed by atoms with Gasteiger partial charge in [-0.2, -0.15) is 0 Å². The highest BCUT2D eigenvalue weighted by atomic mass is 32.1. The van der Waals surface area contributed by atoms with Crippen LogP contribution < -0.4 is 10.6 Å². The van der Waals surface area contributed by atoms with E-state index in [-0.39, 0.29) is 11.6 Å². The number of nitrogens with zero attached hydrogens (tertiary/aromatic N) is 1. The molecule has 1 aromatic heterocycles. The molecule has 28 heavy (non-hydrogen) atoms. The molecule has 4 aliphatic carbocycles. The van der Waals surface area contributed by atoms with Crippen molar-refractivity contribution in [3.8, 4) is 0 Å². The standard InChI is InChI=1S/C23H33N3OS/c27-22(25-23-11-15-6-16(12-23)8-17(7-15)13-23)24-18-9-19-3-4-20(10-18)26(19)14-21-2-1-5-28-21/h1-2,5,15-20H,3-4,6-14H2,(H2,24,25,27)/t15?,16?,17?,18?,19-,20+,23?. The summed E-state index contributed by atoms with van der Waals surface area (Å²) in [5, 5.41) is 9.09. The van der Waals surface area contributed by atoms with Crippen LogP contribution in [0.1, 0.15) is 69.1 Å². The second-order valence-corrected chi connectivity index (χ2v) is 11.6. The average Bonchev–Trinajstić information content (AvgIpc) is 3.20. The Morgan fingerprint density at radius 3 is 2.25 bits per heavy atom. The third-order valence-electron chi connectivity index (χ3n) is 8.55. The Morgan fingerprint density at radius 1 is 1.04 bits per heavy atom. The predicted octanol–water partition coefficient (Wildman–Crippen LogP) is 4.51. The second kappa shape index (κ2) is 6.73. The fraction of sp³-hybridized carbons (Fsp3) is 0.783. The summed E-state index contributed by atoms with van der Waals surface area (Å²) in [7, 11) is 0. The topological polar surface area (TPSA) is 44.4 Å². The number of thiophene rings is 1. The van der Waals surface area contributed by atoms with Gasteiger partial charge in [0.1, 0.15) is 0 Å². The van der Waals surface area contributed by atoms with Gasteiger partial charge in [0.15, 0.2) is 0 Å². The van der Waals surface area contributed by atoms with Gasteiger partial charge >= 0.3 is 6.03 Å². The summed E-state index contributed by atoms with van der Waals surface area (Å²) in [5.41, 5.74) is 0.123. The van der Waals surface area contributed by atoms with E-state index >= 15 is 0 Å². The number of hydrogen-bond donors (Lipinski definition) is 2. The van der Waals surface area contributed by atoms with E-state index in [1.807, 2.05) is 11.3 Å². The van der Waals surface area contributed by atoms with Crippen LogP contribution in [0.25, 0.3) is 0 Å². The lowest BCUT2D eigenvalue weighted by Crippen LogP contribution is -2.62. The molecule has 1 unspecified atom stereocenters. The minimum Gasteiger partial charge on any atom is -0.335 e. The van der Waals surface area contributed by atoms with Gasteiger partial charge in [-0.3, -0.25) is 4.90 Å². The number of carbonyl (C=O) groups excluding carboxylic acids is 1. The first-order valence-electron chi connectivity index (χ1n) is 11.5. The molecule has 2 amide bonds. The van der Waals surface area contributed by atoms with Crippen LogP contribution in [0.4, 0.5) is 4.79 Å². The number of piperidine rings is 1. The van der Waals surface area contributed by atoms with E-state index in [9.17, 15) is 4.79 Å². The van der Waals surface area contributed by atoms with E-state index < -0.39 is 0 Å². The average molecular weight is 400 g/mol. The molecule has 4 saturated carbocycles. The fourth-order valence-corrected chi connectivity index (χ4v) is 8.67. The number of hydrogen-bond acceptors (Lipinski definition) is 3. The number of amides is 2. The van der Waals surface area contributed by atoms with Crippen molar-refractivity contribution < 1.29 is 4.79 Å². The van der Waals surface area contributed by atoms with Gasteiger partial charge in [-0.15, -0.1) is 11.3 Å². The zero-order chi connectivity index (χ0) is 18.7. The molecule has 3 heterocycles.